The smallest absolute Gasteiger partial charge is 0.216 e. The minimum Gasteiger partial charge on any atom is -0.508 e. The zero-order chi connectivity index (χ0) is 10.1. The van der Waals surface area contributed by atoms with Crippen LogP contribution in [0.2, 0.25) is 0 Å². The average Bonchev–Trinajstić information content (AvgIpc) is 2.17. The fourth-order valence-corrected chi connectivity index (χ4v) is 1.82. The van der Waals surface area contributed by atoms with Crippen molar-refractivity contribution in [3.63, 3.8) is 0 Å². The van der Waals surface area contributed by atoms with E-state index in [0.29, 0.717) is 5.75 Å². The van der Waals surface area contributed by atoms with Gasteiger partial charge in [0.25, 0.3) is 0 Å². The highest BCUT2D eigenvalue weighted by molar-refractivity contribution is 5.77. The quantitative estimate of drug-likeness (QED) is 0.681. The molecule has 2 heteroatoms. The van der Waals surface area contributed by atoms with E-state index >= 15 is 0 Å². The molecule has 0 amide bonds. The number of pyridine rings is 1. The van der Waals surface area contributed by atoms with Crippen LogP contribution in [-0.2, 0) is 6.54 Å². The number of phenolic OH excluding ortho intramolecular Hbond substituents is 1. The average molecular weight is 188 g/mol. The fourth-order valence-electron chi connectivity index (χ4n) is 1.82. The third-order valence-corrected chi connectivity index (χ3v) is 2.55. The minimum absolute atomic E-state index is 0.324. The van der Waals surface area contributed by atoms with Gasteiger partial charge in [-0.3, -0.25) is 0 Å². The first-order valence-electron chi connectivity index (χ1n) is 4.84. The summed E-state index contributed by atoms with van der Waals surface area (Å²) < 4.78 is 2.19. The van der Waals surface area contributed by atoms with Gasteiger partial charge in [0.1, 0.15) is 12.3 Å². The van der Waals surface area contributed by atoms with Crippen LogP contribution < -0.4 is 4.57 Å². The first-order chi connectivity index (χ1) is 6.72. The molecule has 0 aliphatic carbocycles. The summed E-state index contributed by atoms with van der Waals surface area (Å²) in [5.74, 6) is 0.324. The van der Waals surface area contributed by atoms with Crippen molar-refractivity contribution in [3.05, 3.63) is 36.0 Å². The van der Waals surface area contributed by atoms with E-state index in [1.807, 2.05) is 12.1 Å². The minimum atomic E-state index is 0.324. The Morgan fingerprint density at radius 2 is 1.93 bits per heavy atom. The third kappa shape index (κ3) is 1.33. The van der Waals surface area contributed by atoms with Gasteiger partial charge in [0.2, 0.25) is 5.52 Å². The van der Waals surface area contributed by atoms with E-state index in [2.05, 4.69) is 30.5 Å². The molecule has 0 saturated heterocycles. The van der Waals surface area contributed by atoms with Crippen LogP contribution in [0.5, 0.6) is 5.75 Å². The van der Waals surface area contributed by atoms with Crippen LogP contribution in [0.15, 0.2) is 30.3 Å². The fraction of sp³-hybridized carbons (Fsp3) is 0.250. The Morgan fingerprint density at radius 3 is 2.64 bits per heavy atom. The second kappa shape index (κ2) is 3.29. The van der Waals surface area contributed by atoms with Gasteiger partial charge in [-0.05, 0) is 25.1 Å². The van der Waals surface area contributed by atoms with Gasteiger partial charge < -0.3 is 5.11 Å². The van der Waals surface area contributed by atoms with Crippen molar-refractivity contribution in [2.75, 3.05) is 0 Å². The van der Waals surface area contributed by atoms with Crippen molar-refractivity contribution in [1.29, 1.82) is 0 Å². The Kier molecular flexibility index (Phi) is 2.12. The van der Waals surface area contributed by atoms with Crippen LogP contribution >= 0.6 is 0 Å². The van der Waals surface area contributed by atoms with Crippen molar-refractivity contribution in [2.24, 2.45) is 0 Å². The summed E-state index contributed by atoms with van der Waals surface area (Å²) in [5.41, 5.74) is 2.30. The van der Waals surface area contributed by atoms with Crippen LogP contribution in [-0.4, -0.2) is 5.11 Å². The van der Waals surface area contributed by atoms with E-state index in [0.717, 1.165) is 17.4 Å². The van der Waals surface area contributed by atoms with Crippen LogP contribution in [0.3, 0.4) is 0 Å². The summed E-state index contributed by atoms with van der Waals surface area (Å²) in [4.78, 5) is 0. The maximum absolute atomic E-state index is 9.43. The zero-order valence-electron chi connectivity index (χ0n) is 8.49. The largest absolute Gasteiger partial charge is 0.508 e. The normalized spacial score (nSPS) is 10.7. The molecule has 0 fully saturated rings. The summed E-state index contributed by atoms with van der Waals surface area (Å²) in [6.45, 7) is 5.11. The number of hydrogen-bond acceptors (Lipinski definition) is 1. The van der Waals surface area contributed by atoms with Crippen molar-refractivity contribution in [1.82, 2.24) is 0 Å². The molecule has 72 valence electrons. The lowest BCUT2D eigenvalue weighted by Crippen LogP contribution is -2.36. The molecule has 0 unspecified atom stereocenters. The van der Waals surface area contributed by atoms with Crippen molar-refractivity contribution >= 4 is 10.9 Å². The van der Waals surface area contributed by atoms with Gasteiger partial charge >= 0.3 is 0 Å². The molecule has 0 spiro atoms. The van der Waals surface area contributed by atoms with Crippen LogP contribution in [0, 0.1) is 6.92 Å². The molecule has 2 aromatic rings. The highest BCUT2D eigenvalue weighted by Crippen LogP contribution is 2.17. The van der Waals surface area contributed by atoms with E-state index in [-0.39, 0.29) is 0 Å². The van der Waals surface area contributed by atoms with Crippen molar-refractivity contribution < 1.29 is 9.67 Å². The molecule has 1 aromatic carbocycles. The summed E-state index contributed by atoms with van der Waals surface area (Å²) in [6.07, 6.45) is 0. The maximum atomic E-state index is 9.43. The predicted molar refractivity (Wildman–Crippen MR) is 56.2 cm³/mol. The van der Waals surface area contributed by atoms with Gasteiger partial charge in [0.15, 0.2) is 5.69 Å². The van der Waals surface area contributed by atoms with Gasteiger partial charge in [-0.2, -0.15) is 4.57 Å². The van der Waals surface area contributed by atoms with Gasteiger partial charge in [0.05, 0.1) is 6.07 Å². The van der Waals surface area contributed by atoms with E-state index in [9.17, 15) is 5.11 Å². The van der Waals surface area contributed by atoms with E-state index in [4.69, 9.17) is 0 Å². The molecule has 14 heavy (non-hydrogen) atoms. The summed E-state index contributed by atoms with van der Waals surface area (Å²) in [5, 5.41) is 10.6. The molecule has 0 bridgehead atoms. The zero-order valence-corrected chi connectivity index (χ0v) is 8.49. The Bertz CT molecular complexity index is 472. The molecule has 0 aliphatic rings. The highest BCUT2D eigenvalue weighted by Gasteiger charge is 2.10. The molecule has 0 atom stereocenters. The Morgan fingerprint density at radius 1 is 1.21 bits per heavy atom. The molecule has 0 saturated carbocycles. The molecule has 0 radical (unpaired) electrons. The Labute approximate surface area is 83.4 Å². The number of benzene rings is 1. The molecule has 1 aromatic heterocycles. The number of fused-ring (bicyclic) bond motifs is 1. The summed E-state index contributed by atoms with van der Waals surface area (Å²) in [7, 11) is 0. The predicted octanol–water partition coefficient (Wildman–Crippen LogP) is 2.16. The first-order valence-corrected chi connectivity index (χ1v) is 4.84. The molecule has 1 N–H and O–H groups in total. The number of phenols is 1. The van der Waals surface area contributed by atoms with E-state index in [1.54, 1.807) is 6.07 Å². The summed E-state index contributed by atoms with van der Waals surface area (Å²) in [6, 6.07) is 9.65. The topological polar surface area (TPSA) is 24.1 Å². The number of aromatic nitrogens is 1. The molecular weight excluding hydrogens is 174 g/mol. The Hall–Kier alpha value is -1.57. The monoisotopic (exact) mass is 188 g/mol. The molecule has 1 heterocycles. The number of aromatic hydroxyl groups is 1. The van der Waals surface area contributed by atoms with E-state index in [1.165, 1.54) is 5.69 Å². The van der Waals surface area contributed by atoms with Gasteiger partial charge in [-0.15, -0.1) is 0 Å². The first kappa shape index (κ1) is 9.00. The lowest BCUT2D eigenvalue weighted by Gasteiger charge is -2.02. The standard InChI is InChI=1S/C12H13NO/c1-3-13-9(2)4-5-10-6-7-11(14)8-12(10)13/h4-8H,3H2,1-2H3/p+1. The van der Waals surface area contributed by atoms with Crippen molar-refractivity contribution in [2.45, 2.75) is 20.4 Å². The van der Waals surface area contributed by atoms with Crippen molar-refractivity contribution in [3.8, 4) is 5.75 Å². The SMILES string of the molecule is CC[n+]1c(C)ccc2ccc(O)cc21. The maximum Gasteiger partial charge on any atom is 0.216 e. The number of hydrogen-bond donors (Lipinski definition) is 1. The number of nitrogens with zero attached hydrogens (tertiary/aromatic N) is 1. The van der Waals surface area contributed by atoms with Gasteiger partial charge in [-0.1, -0.05) is 0 Å². The number of rotatable bonds is 1. The molecule has 2 nitrogen and oxygen atoms in total. The van der Waals surface area contributed by atoms with Crippen LogP contribution in [0.4, 0.5) is 0 Å². The molecule has 2 rings (SSSR count). The summed E-state index contributed by atoms with van der Waals surface area (Å²) >= 11 is 0. The second-order valence-electron chi connectivity index (χ2n) is 3.46. The lowest BCUT2D eigenvalue weighted by molar-refractivity contribution is -0.673. The highest BCUT2D eigenvalue weighted by atomic mass is 16.3. The molecular formula is C12H14NO+. The van der Waals surface area contributed by atoms with Gasteiger partial charge in [-0.25, -0.2) is 0 Å². The molecule has 0 aliphatic heterocycles. The third-order valence-electron chi connectivity index (χ3n) is 2.55. The van der Waals surface area contributed by atoms with Crippen LogP contribution in [0.1, 0.15) is 12.6 Å². The number of aryl methyl sites for hydroxylation is 2. The van der Waals surface area contributed by atoms with Gasteiger partial charge in [0, 0.05) is 18.4 Å². The Balaban J connectivity index is 2.84. The van der Waals surface area contributed by atoms with E-state index < -0.39 is 0 Å². The lowest BCUT2D eigenvalue weighted by atomic mass is 10.2. The van der Waals surface area contributed by atoms with Crippen LogP contribution in [0.25, 0.3) is 10.9 Å². The second-order valence-corrected chi connectivity index (χ2v) is 3.46.